The third kappa shape index (κ3) is 5.38. The van der Waals surface area contributed by atoms with Crippen LogP contribution in [-0.4, -0.2) is 43.9 Å². The van der Waals surface area contributed by atoms with Crippen LogP contribution in [0.15, 0.2) is 35.4 Å². The zero-order chi connectivity index (χ0) is 20.1. The molecule has 1 aromatic heterocycles. The molecule has 152 valence electrons. The number of hydrogen-bond acceptors (Lipinski definition) is 7. The molecule has 0 radical (unpaired) electrons. The molecule has 28 heavy (non-hydrogen) atoms. The van der Waals surface area contributed by atoms with Crippen molar-refractivity contribution in [3.63, 3.8) is 0 Å². The first-order valence-electron chi connectivity index (χ1n) is 9.11. The van der Waals surface area contributed by atoms with Crippen molar-refractivity contribution in [1.29, 1.82) is 0 Å². The summed E-state index contributed by atoms with van der Waals surface area (Å²) in [5.74, 6) is -0.237. The Balaban J connectivity index is 1.82. The summed E-state index contributed by atoms with van der Waals surface area (Å²) < 4.78 is 28.8. The maximum absolute atomic E-state index is 13.0. The van der Waals surface area contributed by atoms with E-state index in [0.29, 0.717) is 35.6 Å². The number of carbonyl (C=O) groups is 1. The molecule has 0 spiro atoms. The number of ether oxygens (including phenoxy) is 1. The normalized spacial score (nSPS) is 16.6. The molecule has 0 aliphatic carbocycles. The molecule has 1 saturated heterocycles. The van der Waals surface area contributed by atoms with E-state index in [1.54, 1.807) is 24.3 Å². The van der Waals surface area contributed by atoms with Crippen LogP contribution in [0.4, 0.5) is 5.13 Å². The molecule has 2 aromatic rings. The van der Waals surface area contributed by atoms with Gasteiger partial charge in [0.25, 0.3) is 0 Å². The number of amides is 1. The second-order valence-corrected chi connectivity index (χ2v) is 10.1. The van der Waals surface area contributed by atoms with Gasteiger partial charge in [-0.15, -0.1) is 0 Å². The largest absolute Gasteiger partial charge is 0.391 e. The zero-order valence-electron chi connectivity index (χ0n) is 15.6. The van der Waals surface area contributed by atoms with Gasteiger partial charge in [-0.1, -0.05) is 23.5 Å². The van der Waals surface area contributed by atoms with Crippen molar-refractivity contribution in [3.8, 4) is 0 Å². The molecule has 1 aliphatic rings. The van der Waals surface area contributed by atoms with Gasteiger partial charge in [0.2, 0.25) is 5.91 Å². The van der Waals surface area contributed by atoms with E-state index in [-0.39, 0.29) is 17.4 Å². The molecule has 7 nitrogen and oxygen atoms in total. The Labute approximate surface area is 168 Å². The van der Waals surface area contributed by atoms with Crippen molar-refractivity contribution in [2.45, 2.75) is 36.7 Å². The number of aliphatic hydroxyl groups is 1. The minimum absolute atomic E-state index is 0.119. The number of hydrogen-bond donors (Lipinski definition) is 2. The van der Waals surface area contributed by atoms with E-state index in [0.717, 1.165) is 24.7 Å². The first kappa shape index (κ1) is 20.9. The van der Waals surface area contributed by atoms with Crippen LogP contribution in [-0.2, 0) is 26.0 Å². The zero-order valence-corrected chi connectivity index (χ0v) is 17.3. The molecular formula is C19H24N2O5S2. The van der Waals surface area contributed by atoms with Crippen molar-refractivity contribution in [1.82, 2.24) is 4.98 Å². The number of thiazole rings is 1. The Morgan fingerprint density at radius 1 is 1.32 bits per heavy atom. The number of aliphatic hydroxyl groups excluding tert-OH is 1. The van der Waals surface area contributed by atoms with Gasteiger partial charge in [-0.25, -0.2) is 13.4 Å². The minimum Gasteiger partial charge on any atom is -0.391 e. The summed E-state index contributed by atoms with van der Waals surface area (Å²) in [7, 11) is -3.29. The molecule has 1 fully saturated rings. The fourth-order valence-corrected chi connectivity index (χ4v) is 4.59. The third-order valence-electron chi connectivity index (χ3n) is 4.88. The highest BCUT2D eigenvalue weighted by Crippen LogP contribution is 2.31. The van der Waals surface area contributed by atoms with Crippen molar-refractivity contribution in [2.75, 3.05) is 24.8 Å². The van der Waals surface area contributed by atoms with Gasteiger partial charge in [-0.3, -0.25) is 4.79 Å². The Kier molecular flexibility index (Phi) is 6.82. The summed E-state index contributed by atoms with van der Waals surface area (Å²) in [5, 5.41) is 12.5. The van der Waals surface area contributed by atoms with E-state index in [2.05, 4.69) is 10.3 Å². The van der Waals surface area contributed by atoms with Gasteiger partial charge in [0.05, 0.1) is 22.3 Å². The lowest BCUT2D eigenvalue weighted by Crippen LogP contribution is -2.26. The lowest BCUT2D eigenvalue weighted by Gasteiger charge is -2.26. The van der Waals surface area contributed by atoms with Crippen LogP contribution < -0.4 is 5.32 Å². The first-order chi connectivity index (χ1) is 13.4. The summed E-state index contributed by atoms with van der Waals surface area (Å²) >= 11 is 1.23. The monoisotopic (exact) mass is 424 g/mol. The highest BCUT2D eigenvalue weighted by atomic mass is 32.2. The molecule has 3 rings (SSSR count). The van der Waals surface area contributed by atoms with Crippen LogP contribution in [0.3, 0.4) is 0 Å². The standard InChI is InChI=1S/C19H24N2O5S2/c1-28(24,25)16-4-2-14(3-5-16)17(10-13-6-8-26-9-7-13)18(23)21-19-20-11-15(12-22)27-19/h2-5,11,13,17,22H,6-10,12H2,1H3,(H,20,21,23). The second-order valence-electron chi connectivity index (χ2n) is 6.96. The second kappa shape index (κ2) is 9.13. The first-order valence-corrected chi connectivity index (χ1v) is 11.8. The van der Waals surface area contributed by atoms with E-state index in [4.69, 9.17) is 4.74 Å². The summed E-state index contributed by atoms with van der Waals surface area (Å²) in [6, 6.07) is 6.51. The third-order valence-corrected chi connectivity index (χ3v) is 6.90. The van der Waals surface area contributed by atoms with Gasteiger partial charge in [0.15, 0.2) is 15.0 Å². The Morgan fingerprint density at radius 2 is 2.00 bits per heavy atom. The van der Waals surface area contributed by atoms with Crippen LogP contribution in [0.2, 0.25) is 0 Å². The van der Waals surface area contributed by atoms with E-state index in [1.165, 1.54) is 17.5 Å². The average Bonchev–Trinajstić information content (AvgIpc) is 3.14. The average molecular weight is 425 g/mol. The van der Waals surface area contributed by atoms with Crippen molar-refractivity contribution in [3.05, 3.63) is 40.9 Å². The number of nitrogens with zero attached hydrogens (tertiary/aromatic N) is 1. The number of sulfone groups is 1. The summed E-state index contributed by atoms with van der Waals surface area (Å²) in [6.07, 6.45) is 5.16. The molecule has 1 aliphatic heterocycles. The van der Waals surface area contributed by atoms with Gasteiger partial charge >= 0.3 is 0 Å². The van der Waals surface area contributed by atoms with Gasteiger partial charge in [-0.2, -0.15) is 0 Å². The van der Waals surface area contributed by atoms with Crippen molar-refractivity contribution < 1.29 is 23.1 Å². The fraction of sp³-hybridized carbons (Fsp3) is 0.474. The lowest BCUT2D eigenvalue weighted by molar-refractivity contribution is -0.118. The highest BCUT2D eigenvalue weighted by molar-refractivity contribution is 7.90. The van der Waals surface area contributed by atoms with E-state index in [9.17, 15) is 18.3 Å². The molecule has 2 N–H and O–H groups in total. The topological polar surface area (TPSA) is 106 Å². The molecule has 1 amide bonds. The number of rotatable bonds is 7. The number of benzene rings is 1. The fourth-order valence-electron chi connectivity index (χ4n) is 3.29. The van der Waals surface area contributed by atoms with Gasteiger partial charge in [0.1, 0.15) is 0 Å². The number of aromatic nitrogens is 1. The molecular weight excluding hydrogens is 400 g/mol. The quantitative estimate of drug-likeness (QED) is 0.708. The lowest BCUT2D eigenvalue weighted by atomic mass is 9.84. The summed E-state index contributed by atoms with van der Waals surface area (Å²) in [4.78, 5) is 18.0. The summed E-state index contributed by atoms with van der Waals surface area (Å²) in [5.41, 5.74) is 0.773. The Morgan fingerprint density at radius 3 is 2.57 bits per heavy atom. The van der Waals surface area contributed by atoms with E-state index >= 15 is 0 Å². The predicted molar refractivity (Wildman–Crippen MR) is 107 cm³/mol. The molecule has 9 heteroatoms. The number of anilines is 1. The maximum atomic E-state index is 13.0. The minimum atomic E-state index is -3.29. The predicted octanol–water partition coefficient (Wildman–Crippen LogP) is 2.58. The van der Waals surface area contributed by atoms with Crippen LogP contribution in [0.25, 0.3) is 0 Å². The number of carbonyl (C=O) groups excluding carboxylic acids is 1. The molecule has 2 heterocycles. The number of nitrogens with one attached hydrogen (secondary N) is 1. The van der Waals surface area contributed by atoms with Gasteiger partial charge in [-0.05, 0) is 42.9 Å². The molecule has 1 aromatic carbocycles. The van der Waals surface area contributed by atoms with Crippen LogP contribution in [0, 0.1) is 5.92 Å². The van der Waals surface area contributed by atoms with Crippen molar-refractivity contribution >= 4 is 32.2 Å². The van der Waals surface area contributed by atoms with Gasteiger partial charge in [0, 0.05) is 25.7 Å². The Bertz CT molecular complexity index is 903. The smallest absolute Gasteiger partial charge is 0.233 e. The molecule has 1 atom stereocenters. The van der Waals surface area contributed by atoms with Crippen molar-refractivity contribution in [2.24, 2.45) is 5.92 Å². The molecule has 0 saturated carbocycles. The maximum Gasteiger partial charge on any atom is 0.233 e. The van der Waals surface area contributed by atoms with Crippen LogP contribution in [0.5, 0.6) is 0 Å². The SMILES string of the molecule is CS(=O)(=O)c1ccc(C(CC2CCOCC2)C(=O)Nc2ncc(CO)s2)cc1. The van der Waals surface area contributed by atoms with E-state index < -0.39 is 15.8 Å². The van der Waals surface area contributed by atoms with Crippen LogP contribution >= 0.6 is 11.3 Å². The van der Waals surface area contributed by atoms with E-state index in [1.807, 2.05) is 0 Å². The molecule has 0 bridgehead atoms. The summed E-state index contributed by atoms with van der Waals surface area (Å²) in [6.45, 7) is 1.27. The Hall–Kier alpha value is -1.81. The van der Waals surface area contributed by atoms with Gasteiger partial charge < -0.3 is 15.2 Å². The highest BCUT2D eigenvalue weighted by Gasteiger charge is 2.27. The molecule has 1 unspecified atom stereocenters. The van der Waals surface area contributed by atoms with Crippen LogP contribution in [0.1, 0.15) is 35.6 Å².